The number of anilines is 1. The first-order valence-electron chi connectivity index (χ1n) is 5.50. The van der Waals surface area contributed by atoms with Crippen LogP contribution in [-0.4, -0.2) is 35.8 Å². The molecule has 1 aliphatic rings. The van der Waals surface area contributed by atoms with Crippen molar-refractivity contribution in [3.05, 3.63) is 30.1 Å². The molecule has 18 heavy (non-hydrogen) atoms. The van der Waals surface area contributed by atoms with Crippen LogP contribution in [0.3, 0.4) is 0 Å². The van der Waals surface area contributed by atoms with E-state index >= 15 is 0 Å². The lowest BCUT2D eigenvalue weighted by molar-refractivity contribution is 0.259. The fraction of sp³-hybridized carbons (Fsp3) is 0.333. The molecule has 0 aromatic heterocycles. The van der Waals surface area contributed by atoms with Gasteiger partial charge in [0.25, 0.3) is 0 Å². The molecular weight excluding hydrogens is 237 g/mol. The quantitative estimate of drug-likeness (QED) is 0.826. The van der Waals surface area contributed by atoms with Gasteiger partial charge in [0.05, 0.1) is 0 Å². The number of amidine groups is 1. The van der Waals surface area contributed by atoms with Crippen molar-refractivity contribution in [1.82, 2.24) is 4.90 Å². The van der Waals surface area contributed by atoms with Gasteiger partial charge in [0.15, 0.2) is 0 Å². The highest BCUT2D eigenvalue weighted by Gasteiger charge is 2.15. The van der Waals surface area contributed by atoms with Crippen LogP contribution in [0.5, 0.6) is 0 Å². The Balaban J connectivity index is 0.00000162. The van der Waals surface area contributed by atoms with Gasteiger partial charge in [-0.15, -0.1) is 0 Å². The predicted molar refractivity (Wildman–Crippen MR) is 68.3 cm³/mol. The van der Waals surface area contributed by atoms with Gasteiger partial charge in [-0.1, -0.05) is 6.07 Å². The Morgan fingerprint density at radius 2 is 2.28 bits per heavy atom. The molecular formula is C12H16FN3O2. The Morgan fingerprint density at radius 1 is 1.50 bits per heavy atom. The Bertz CT molecular complexity index is 462. The summed E-state index contributed by atoms with van der Waals surface area (Å²) in [6.45, 7) is 0.923. The number of carbonyl (C=O) groups excluding carboxylic acids is 1. The van der Waals surface area contributed by atoms with Crippen LogP contribution in [0, 0.1) is 5.82 Å². The van der Waals surface area contributed by atoms with Crippen molar-refractivity contribution in [3.63, 3.8) is 0 Å². The molecule has 1 aromatic rings. The first kappa shape index (κ1) is 14.1. The van der Waals surface area contributed by atoms with Crippen molar-refractivity contribution in [2.75, 3.05) is 18.9 Å². The van der Waals surface area contributed by atoms with Crippen LogP contribution in [-0.2, 0) is 0 Å². The third-order valence-electron chi connectivity index (χ3n) is 2.64. The Labute approximate surface area is 105 Å². The lowest BCUT2D eigenvalue weighted by Gasteiger charge is -2.10. The van der Waals surface area contributed by atoms with Gasteiger partial charge in [-0.3, -0.25) is 0 Å². The normalized spacial score (nSPS) is 16.6. The maximum atomic E-state index is 12.9. The largest absolute Gasteiger partial charge is 0.412 e. The Kier molecular flexibility index (Phi) is 4.79. The van der Waals surface area contributed by atoms with Gasteiger partial charge < -0.3 is 15.7 Å². The van der Waals surface area contributed by atoms with Crippen molar-refractivity contribution in [1.29, 1.82) is 0 Å². The van der Waals surface area contributed by atoms with E-state index in [1.165, 1.54) is 12.1 Å². The molecule has 5 nitrogen and oxygen atoms in total. The molecule has 2 rings (SSSR count). The van der Waals surface area contributed by atoms with Gasteiger partial charge in [0.1, 0.15) is 11.7 Å². The average molecular weight is 253 g/mol. The van der Waals surface area contributed by atoms with Gasteiger partial charge in [-0.2, -0.15) is 4.99 Å². The smallest absolute Gasteiger partial charge is 0.347 e. The standard InChI is InChI=1S/C12H14FN3O.H2O/c1-16-7-3-6-11(16)15-12(17)14-10-5-2-4-9(13)8-10;/h2,4-5,8H,3,6-7H2,1H3,(H,14,17);1H2/b15-11+;. The van der Waals surface area contributed by atoms with Crippen LogP contribution >= 0.6 is 0 Å². The van der Waals surface area contributed by atoms with Crippen molar-refractivity contribution < 1.29 is 14.7 Å². The van der Waals surface area contributed by atoms with Gasteiger partial charge in [0.2, 0.25) is 0 Å². The molecule has 1 heterocycles. The summed E-state index contributed by atoms with van der Waals surface area (Å²) in [7, 11) is 1.90. The third-order valence-corrected chi connectivity index (χ3v) is 2.64. The number of aliphatic imine (C=N–C) groups is 1. The summed E-state index contributed by atoms with van der Waals surface area (Å²) in [5.41, 5.74) is 0.417. The molecule has 0 radical (unpaired) electrons. The van der Waals surface area contributed by atoms with E-state index < -0.39 is 6.03 Å². The first-order valence-corrected chi connectivity index (χ1v) is 5.50. The van der Waals surface area contributed by atoms with Crippen LogP contribution in [0.25, 0.3) is 0 Å². The van der Waals surface area contributed by atoms with Gasteiger partial charge in [0, 0.05) is 25.7 Å². The molecule has 0 atom stereocenters. The second-order valence-electron chi connectivity index (χ2n) is 3.99. The summed E-state index contributed by atoms with van der Waals surface area (Å²) in [6, 6.07) is 5.29. The maximum absolute atomic E-state index is 12.9. The van der Waals surface area contributed by atoms with Crippen LogP contribution in [0.2, 0.25) is 0 Å². The zero-order valence-corrected chi connectivity index (χ0v) is 10.1. The number of hydrogen-bond acceptors (Lipinski definition) is 1. The summed E-state index contributed by atoms with van der Waals surface area (Å²) < 4.78 is 12.9. The Morgan fingerprint density at radius 3 is 2.89 bits per heavy atom. The zero-order valence-electron chi connectivity index (χ0n) is 10.1. The molecule has 6 heteroatoms. The topological polar surface area (TPSA) is 76.2 Å². The van der Waals surface area contributed by atoms with Crippen molar-refractivity contribution in [3.8, 4) is 0 Å². The number of carbonyl (C=O) groups is 1. The summed E-state index contributed by atoms with van der Waals surface area (Å²) in [5, 5.41) is 2.54. The van der Waals surface area contributed by atoms with Gasteiger partial charge >= 0.3 is 6.03 Å². The van der Waals surface area contributed by atoms with E-state index in [2.05, 4.69) is 10.3 Å². The lowest BCUT2D eigenvalue weighted by atomic mass is 10.3. The predicted octanol–water partition coefficient (Wildman–Crippen LogP) is 1.66. The molecule has 98 valence electrons. The van der Waals surface area contributed by atoms with E-state index in [1.54, 1.807) is 12.1 Å². The molecule has 1 aromatic carbocycles. The molecule has 0 saturated carbocycles. The number of likely N-dealkylation sites (tertiary alicyclic amines) is 1. The lowest BCUT2D eigenvalue weighted by Crippen LogP contribution is -2.21. The summed E-state index contributed by atoms with van der Waals surface area (Å²) in [4.78, 5) is 17.5. The number of amides is 2. The van der Waals surface area contributed by atoms with Crippen LogP contribution in [0.15, 0.2) is 29.3 Å². The van der Waals surface area contributed by atoms with Crippen molar-refractivity contribution in [2.45, 2.75) is 12.8 Å². The highest BCUT2D eigenvalue weighted by Crippen LogP contribution is 2.11. The first-order chi connectivity index (χ1) is 8.15. The molecule has 0 unspecified atom stereocenters. The summed E-state index contributed by atoms with van der Waals surface area (Å²) >= 11 is 0. The van der Waals surface area contributed by atoms with Crippen molar-refractivity contribution >= 4 is 17.6 Å². The number of nitrogens with one attached hydrogen (secondary N) is 1. The molecule has 3 N–H and O–H groups in total. The number of halogens is 1. The fourth-order valence-corrected chi connectivity index (χ4v) is 1.77. The number of rotatable bonds is 1. The maximum Gasteiger partial charge on any atom is 0.347 e. The minimum absolute atomic E-state index is 0. The molecule has 1 fully saturated rings. The Hall–Kier alpha value is -1.95. The average Bonchev–Trinajstić information content (AvgIpc) is 2.64. The molecule has 2 amide bonds. The SMILES string of the molecule is CN1CCC/C1=N\C(=O)Nc1cccc(F)c1.O. The molecule has 0 aliphatic carbocycles. The number of urea groups is 1. The summed E-state index contributed by atoms with van der Waals surface area (Å²) in [5.74, 6) is 0.396. The fourth-order valence-electron chi connectivity index (χ4n) is 1.77. The number of hydrogen-bond donors (Lipinski definition) is 1. The van der Waals surface area contributed by atoms with E-state index in [9.17, 15) is 9.18 Å². The monoisotopic (exact) mass is 253 g/mol. The van der Waals surface area contributed by atoms with Gasteiger partial charge in [-0.25, -0.2) is 9.18 Å². The second kappa shape index (κ2) is 6.11. The zero-order chi connectivity index (χ0) is 12.3. The van der Waals surface area contributed by atoms with E-state index in [-0.39, 0.29) is 11.3 Å². The van der Waals surface area contributed by atoms with Crippen LogP contribution in [0.1, 0.15) is 12.8 Å². The summed E-state index contributed by atoms with van der Waals surface area (Å²) in [6.07, 6.45) is 1.83. The number of nitrogens with zero attached hydrogens (tertiary/aromatic N) is 2. The number of benzene rings is 1. The highest BCUT2D eigenvalue weighted by atomic mass is 19.1. The van der Waals surface area contributed by atoms with E-state index in [4.69, 9.17) is 0 Å². The van der Waals surface area contributed by atoms with Crippen LogP contribution in [0.4, 0.5) is 14.9 Å². The minimum Gasteiger partial charge on any atom is -0.412 e. The minimum atomic E-state index is -0.459. The van der Waals surface area contributed by atoms with Crippen LogP contribution < -0.4 is 5.32 Å². The molecule has 0 spiro atoms. The molecule has 1 aliphatic heterocycles. The second-order valence-corrected chi connectivity index (χ2v) is 3.99. The molecule has 1 saturated heterocycles. The van der Waals surface area contributed by atoms with E-state index in [1.807, 2.05) is 11.9 Å². The van der Waals surface area contributed by atoms with Gasteiger partial charge in [-0.05, 0) is 24.6 Å². The highest BCUT2D eigenvalue weighted by molar-refractivity contribution is 6.00. The molecule has 0 bridgehead atoms. The third kappa shape index (κ3) is 3.53. The van der Waals surface area contributed by atoms with Crippen molar-refractivity contribution in [2.24, 2.45) is 4.99 Å². The van der Waals surface area contributed by atoms with E-state index in [0.717, 1.165) is 25.2 Å². The van der Waals surface area contributed by atoms with E-state index in [0.29, 0.717) is 5.69 Å².